The Balaban J connectivity index is 1.42. The molecular weight excluding hydrogens is 482 g/mol. The van der Waals surface area contributed by atoms with Crippen LogP contribution in [0.2, 0.25) is 5.02 Å². The lowest BCUT2D eigenvalue weighted by atomic mass is 10.1. The highest BCUT2D eigenvalue weighted by atomic mass is 35.5. The largest absolute Gasteiger partial charge is 0.360 e. The molecule has 0 bridgehead atoms. The van der Waals surface area contributed by atoms with E-state index in [0.717, 1.165) is 28.0 Å². The maximum absolute atomic E-state index is 13.5. The van der Waals surface area contributed by atoms with E-state index in [9.17, 15) is 4.79 Å². The Morgan fingerprint density at radius 2 is 1.74 bits per heavy atom. The van der Waals surface area contributed by atoms with Gasteiger partial charge >= 0.3 is 0 Å². The topological polar surface area (TPSA) is 78.2 Å². The van der Waals surface area contributed by atoms with Gasteiger partial charge in [0.2, 0.25) is 5.78 Å². The summed E-state index contributed by atoms with van der Waals surface area (Å²) in [6, 6.07) is 24.6. The van der Waals surface area contributed by atoms with Crippen molar-refractivity contribution in [2.75, 3.05) is 0 Å². The molecule has 3 aromatic carbocycles. The standard InChI is InChI=1S/C26H18ClN5O2S/c1-16-6-2-4-8-22(16)31-24(33)20-7-3-5-9-23(20)32-25(31)28-29-26(32)35-15-19-14-21(30-34-19)17-10-12-18(27)13-11-17/h2-14H,15H2,1H3. The molecule has 0 radical (unpaired) electrons. The van der Waals surface area contributed by atoms with Crippen LogP contribution in [0.25, 0.3) is 33.6 Å². The van der Waals surface area contributed by atoms with Gasteiger partial charge in [0, 0.05) is 16.7 Å². The Morgan fingerprint density at radius 1 is 0.971 bits per heavy atom. The van der Waals surface area contributed by atoms with Crippen LogP contribution < -0.4 is 5.56 Å². The quantitative estimate of drug-likeness (QED) is 0.273. The van der Waals surface area contributed by atoms with E-state index in [0.29, 0.717) is 32.9 Å². The van der Waals surface area contributed by atoms with E-state index >= 15 is 0 Å². The number of halogens is 1. The molecule has 0 unspecified atom stereocenters. The Bertz CT molecular complexity index is 1750. The summed E-state index contributed by atoms with van der Waals surface area (Å²) in [5, 5.41) is 14.9. The second-order valence-electron chi connectivity index (χ2n) is 8.04. The van der Waals surface area contributed by atoms with E-state index in [4.69, 9.17) is 16.1 Å². The molecule has 0 aliphatic heterocycles. The van der Waals surface area contributed by atoms with Crippen molar-refractivity contribution in [3.63, 3.8) is 0 Å². The highest BCUT2D eigenvalue weighted by Crippen LogP contribution is 2.28. The van der Waals surface area contributed by atoms with Crippen molar-refractivity contribution in [3.05, 3.63) is 106 Å². The normalized spacial score (nSPS) is 11.5. The van der Waals surface area contributed by atoms with Crippen molar-refractivity contribution in [3.8, 4) is 16.9 Å². The van der Waals surface area contributed by atoms with Gasteiger partial charge in [0.05, 0.1) is 22.3 Å². The molecule has 0 spiro atoms. The summed E-state index contributed by atoms with van der Waals surface area (Å²) in [6.07, 6.45) is 0. The molecule has 6 rings (SSSR count). The summed E-state index contributed by atoms with van der Waals surface area (Å²) in [4.78, 5) is 13.5. The maximum Gasteiger partial charge on any atom is 0.267 e. The van der Waals surface area contributed by atoms with E-state index in [2.05, 4.69) is 15.4 Å². The maximum atomic E-state index is 13.5. The summed E-state index contributed by atoms with van der Waals surface area (Å²) in [5.74, 6) is 1.66. The molecule has 0 N–H and O–H groups in total. The second kappa shape index (κ2) is 8.72. The molecule has 7 nitrogen and oxygen atoms in total. The van der Waals surface area contributed by atoms with Gasteiger partial charge in [0.25, 0.3) is 5.56 Å². The molecule has 0 saturated heterocycles. The molecule has 3 heterocycles. The third-order valence-electron chi connectivity index (χ3n) is 5.79. The predicted molar refractivity (Wildman–Crippen MR) is 137 cm³/mol. The monoisotopic (exact) mass is 499 g/mol. The minimum atomic E-state index is -0.130. The second-order valence-corrected chi connectivity index (χ2v) is 9.42. The van der Waals surface area contributed by atoms with Gasteiger partial charge in [-0.1, -0.05) is 71.0 Å². The summed E-state index contributed by atoms with van der Waals surface area (Å²) >= 11 is 7.45. The van der Waals surface area contributed by atoms with E-state index in [-0.39, 0.29) is 5.56 Å². The van der Waals surface area contributed by atoms with Gasteiger partial charge in [-0.15, -0.1) is 10.2 Å². The number of rotatable bonds is 5. The highest BCUT2D eigenvalue weighted by Gasteiger charge is 2.19. The fraction of sp³-hybridized carbons (Fsp3) is 0.0769. The van der Waals surface area contributed by atoms with Crippen LogP contribution >= 0.6 is 23.4 Å². The summed E-state index contributed by atoms with van der Waals surface area (Å²) in [6.45, 7) is 1.97. The van der Waals surface area contributed by atoms with E-state index in [1.54, 1.807) is 4.57 Å². The van der Waals surface area contributed by atoms with Crippen LogP contribution in [0.3, 0.4) is 0 Å². The van der Waals surface area contributed by atoms with Crippen LogP contribution in [0.5, 0.6) is 0 Å². The third-order valence-corrected chi connectivity index (χ3v) is 7.00. The molecule has 9 heteroatoms. The number of aryl methyl sites for hydroxylation is 1. The molecule has 172 valence electrons. The zero-order chi connectivity index (χ0) is 23.9. The van der Waals surface area contributed by atoms with Crippen molar-refractivity contribution >= 4 is 40.0 Å². The number of aromatic nitrogens is 5. The molecule has 3 aromatic heterocycles. The lowest BCUT2D eigenvalue weighted by Gasteiger charge is -2.13. The van der Waals surface area contributed by atoms with Crippen molar-refractivity contribution in [2.24, 2.45) is 0 Å². The number of thioether (sulfide) groups is 1. The summed E-state index contributed by atoms with van der Waals surface area (Å²) in [5.41, 5.74) is 4.04. The first-order valence-electron chi connectivity index (χ1n) is 10.9. The predicted octanol–water partition coefficient (Wildman–Crippen LogP) is 5.94. The van der Waals surface area contributed by atoms with Crippen molar-refractivity contribution < 1.29 is 4.52 Å². The van der Waals surface area contributed by atoms with Gasteiger partial charge in [-0.05, 0) is 42.8 Å². The first-order chi connectivity index (χ1) is 17.1. The van der Waals surface area contributed by atoms with Crippen LogP contribution in [0.4, 0.5) is 0 Å². The number of fused-ring (bicyclic) bond motifs is 3. The molecule has 0 aliphatic carbocycles. The summed E-state index contributed by atoms with van der Waals surface area (Å²) in [7, 11) is 0. The van der Waals surface area contributed by atoms with Gasteiger partial charge in [-0.2, -0.15) is 0 Å². The van der Waals surface area contributed by atoms with Gasteiger partial charge in [-0.3, -0.25) is 9.20 Å². The van der Waals surface area contributed by atoms with Crippen molar-refractivity contribution in [2.45, 2.75) is 17.8 Å². The minimum absolute atomic E-state index is 0.130. The lowest BCUT2D eigenvalue weighted by Crippen LogP contribution is -2.22. The van der Waals surface area contributed by atoms with Crippen LogP contribution in [-0.2, 0) is 5.75 Å². The molecule has 0 amide bonds. The molecule has 0 saturated carbocycles. The van der Waals surface area contributed by atoms with Gasteiger partial charge in [0.15, 0.2) is 5.16 Å². The molecule has 35 heavy (non-hydrogen) atoms. The van der Waals surface area contributed by atoms with E-state index in [1.165, 1.54) is 11.8 Å². The van der Waals surface area contributed by atoms with Gasteiger partial charge in [-0.25, -0.2) is 4.57 Å². The van der Waals surface area contributed by atoms with Crippen LogP contribution in [0.1, 0.15) is 11.3 Å². The first-order valence-corrected chi connectivity index (χ1v) is 12.3. The molecule has 0 aliphatic rings. The Kier molecular flexibility index (Phi) is 5.39. The van der Waals surface area contributed by atoms with E-state index in [1.807, 2.05) is 90.2 Å². The van der Waals surface area contributed by atoms with Crippen LogP contribution in [0.15, 0.2) is 93.3 Å². The zero-order valence-corrected chi connectivity index (χ0v) is 20.1. The minimum Gasteiger partial charge on any atom is -0.360 e. The Morgan fingerprint density at radius 3 is 2.57 bits per heavy atom. The number of benzene rings is 3. The number of hydrogen-bond acceptors (Lipinski definition) is 6. The average Bonchev–Trinajstić information content (AvgIpc) is 3.52. The lowest BCUT2D eigenvalue weighted by molar-refractivity contribution is 0.397. The van der Waals surface area contributed by atoms with Crippen LogP contribution in [-0.4, -0.2) is 24.3 Å². The summed E-state index contributed by atoms with van der Waals surface area (Å²) < 4.78 is 9.11. The number of para-hydroxylation sites is 2. The SMILES string of the molecule is Cc1ccccc1-n1c(=O)c2ccccc2n2c(SCc3cc(-c4ccc(Cl)cc4)no3)nnc12. The number of hydrogen-bond donors (Lipinski definition) is 0. The molecule has 0 fully saturated rings. The third kappa shape index (κ3) is 3.80. The van der Waals surface area contributed by atoms with Gasteiger partial charge in [0.1, 0.15) is 11.5 Å². The van der Waals surface area contributed by atoms with Crippen LogP contribution in [0, 0.1) is 6.92 Å². The smallest absolute Gasteiger partial charge is 0.267 e. The Labute approximate surface area is 209 Å². The average molecular weight is 500 g/mol. The molecule has 0 atom stereocenters. The molecular formula is C26H18ClN5O2S. The number of nitrogens with zero attached hydrogens (tertiary/aromatic N) is 5. The van der Waals surface area contributed by atoms with E-state index < -0.39 is 0 Å². The van der Waals surface area contributed by atoms with Crippen molar-refractivity contribution in [1.82, 2.24) is 24.3 Å². The van der Waals surface area contributed by atoms with Crippen molar-refractivity contribution in [1.29, 1.82) is 0 Å². The van der Waals surface area contributed by atoms with Gasteiger partial charge < -0.3 is 4.52 Å². The zero-order valence-electron chi connectivity index (χ0n) is 18.6. The highest BCUT2D eigenvalue weighted by molar-refractivity contribution is 7.98. The fourth-order valence-corrected chi connectivity index (χ4v) is 5.02. The Hall–Kier alpha value is -3.88. The fourth-order valence-electron chi connectivity index (χ4n) is 4.08. The first kappa shape index (κ1) is 21.6. The molecule has 6 aromatic rings.